The van der Waals surface area contributed by atoms with E-state index in [1.165, 1.54) is 0 Å². The molecule has 21 heavy (non-hydrogen) atoms. The summed E-state index contributed by atoms with van der Waals surface area (Å²) in [6.45, 7) is 0.561. The first-order valence-corrected chi connectivity index (χ1v) is 7.69. The molecule has 0 spiro atoms. The summed E-state index contributed by atoms with van der Waals surface area (Å²) < 4.78 is 11.5. The molecule has 0 amide bonds. The lowest BCUT2D eigenvalue weighted by atomic mass is 10.2. The van der Waals surface area contributed by atoms with Gasteiger partial charge in [-0.3, -0.25) is 0 Å². The van der Waals surface area contributed by atoms with Crippen LogP contribution in [0.1, 0.15) is 5.56 Å². The first-order valence-electron chi connectivity index (χ1n) is 6.14. The molecule has 2 aromatic rings. The van der Waals surface area contributed by atoms with Crippen LogP contribution in [0.5, 0.6) is 11.5 Å². The second-order valence-electron chi connectivity index (χ2n) is 4.28. The minimum Gasteiger partial charge on any atom is -0.495 e. The van der Waals surface area contributed by atoms with Crippen LogP contribution in [-0.2, 0) is 6.54 Å². The van der Waals surface area contributed by atoms with Crippen molar-refractivity contribution in [1.82, 2.24) is 0 Å². The molecule has 0 fully saturated rings. The molecule has 2 rings (SSSR count). The van der Waals surface area contributed by atoms with Crippen molar-refractivity contribution < 1.29 is 9.47 Å². The third-order valence-corrected chi connectivity index (χ3v) is 4.10. The van der Waals surface area contributed by atoms with Crippen LogP contribution in [0.25, 0.3) is 0 Å². The van der Waals surface area contributed by atoms with Crippen LogP contribution in [-0.4, -0.2) is 14.2 Å². The Kier molecular flexibility index (Phi) is 5.62. The van der Waals surface area contributed by atoms with Crippen LogP contribution in [0.15, 0.2) is 34.8 Å². The zero-order valence-corrected chi connectivity index (χ0v) is 14.6. The van der Waals surface area contributed by atoms with Crippen molar-refractivity contribution in [2.45, 2.75) is 6.54 Å². The molecule has 0 aromatic heterocycles. The molecule has 0 aliphatic carbocycles. The van der Waals surface area contributed by atoms with E-state index >= 15 is 0 Å². The van der Waals surface area contributed by atoms with E-state index in [1.807, 2.05) is 18.2 Å². The lowest BCUT2D eigenvalue weighted by Crippen LogP contribution is -2.02. The standard InChI is InChI=1S/C15H14BrCl2NO2/c1-20-14-7-15(21-2)13(6-12(14)18)19-8-9-3-4-10(16)5-11(9)17/h3-7,19H,8H2,1-2H3. The molecule has 1 N–H and O–H groups in total. The number of anilines is 1. The van der Waals surface area contributed by atoms with Gasteiger partial charge in [-0.2, -0.15) is 0 Å². The summed E-state index contributed by atoms with van der Waals surface area (Å²) in [5, 5.41) is 4.47. The molecule has 0 bridgehead atoms. The number of halogens is 3. The van der Waals surface area contributed by atoms with E-state index in [9.17, 15) is 0 Å². The molecule has 0 unspecified atom stereocenters. The zero-order valence-electron chi connectivity index (χ0n) is 11.5. The number of rotatable bonds is 5. The van der Waals surface area contributed by atoms with Crippen molar-refractivity contribution in [3.8, 4) is 11.5 Å². The van der Waals surface area contributed by atoms with Crippen molar-refractivity contribution in [3.63, 3.8) is 0 Å². The van der Waals surface area contributed by atoms with Crippen molar-refractivity contribution >= 4 is 44.8 Å². The van der Waals surface area contributed by atoms with Gasteiger partial charge >= 0.3 is 0 Å². The van der Waals surface area contributed by atoms with Gasteiger partial charge in [-0.25, -0.2) is 0 Å². The van der Waals surface area contributed by atoms with Crippen LogP contribution in [0.3, 0.4) is 0 Å². The Hall–Kier alpha value is -1.10. The number of hydrogen-bond acceptors (Lipinski definition) is 3. The molecular weight excluding hydrogens is 377 g/mol. The Bertz CT molecular complexity index is 650. The quantitative estimate of drug-likeness (QED) is 0.742. The van der Waals surface area contributed by atoms with Crippen molar-refractivity contribution in [3.05, 3.63) is 50.4 Å². The van der Waals surface area contributed by atoms with Crippen LogP contribution in [0.2, 0.25) is 10.0 Å². The Labute approximate surface area is 142 Å². The molecule has 2 aromatic carbocycles. The Morgan fingerprint density at radius 2 is 1.71 bits per heavy atom. The summed E-state index contributed by atoms with van der Waals surface area (Å²) >= 11 is 15.7. The van der Waals surface area contributed by atoms with E-state index < -0.39 is 0 Å². The topological polar surface area (TPSA) is 30.5 Å². The first-order chi connectivity index (χ1) is 10.0. The van der Waals surface area contributed by atoms with E-state index in [-0.39, 0.29) is 0 Å². The highest BCUT2D eigenvalue weighted by atomic mass is 79.9. The average Bonchev–Trinajstić information content (AvgIpc) is 2.46. The summed E-state index contributed by atoms with van der Waals surface area (Å²) in [5.41, 5.74) is 1.76. The van der Waals surface area contributed by atoms with Crippen molar-refractivity contribution in [2.75, 3.05) is 19.5 Å². The number of ether oxygens (including phenoxy) is 2. The zero-order chi connectivity index (χ0) is 15.4. The average molecular weight is 391 g/mol. The van der Waals surface area contributed by atoms with Crippen LogP contribution < -0.4 is 14.8 Å². The predicted octanol–water partition coefficient (Wildman–Crippen LogP) is 5.39. The smallest absolute Gasteiger partial charge is 0.145 e. The largest absolute Gasteiger partial charge is 0.495 e. The molecule has 3 nitrogen and oxygen atoms in total. The Morgan fingerprint density at radius 3 is 2.33 bits per heavy atom. The second kappa shape index (κ2) is 7.25. The van der Waals surface area contributed by atoms with Crippen LogP contribution >= 0.6 is 39.1 Å². The fourth-order valence-corrected chi connectivity index (χ4v) is 2.83. The lowest BCUT2D eigenvalue weighted by molar-refractivity contribution is 0.395. The number of methoxy groups -OCH3 is 2. The molecule has 0 aliphatic heterocycles. The highest BCUT2D eigenvalue weighted by Gasteiger charge is 2.10. The van der Waals surface area contributed by atoms with Gasteiger partial charge in [0.1, 0.15) is 11.5 Å². The Morgan fingerprint density at radius 1 is 1.00 bits per heavy atom. The van der Waals surface area contributed by atoms with Gasteiger partial charge in [0.15, 0.2) is 0 Å². The third kappa shape index (κ3) is 3.96. The third-order valence-electron chi connectivity index (χ3n) is 2.96. The van der Waals surface area contributed by atoms with E-state index in [4.69, 9.17) is 32.7 Å². The van der Waals surface area contributed by atoms with Gasteiger partial charge in [0.25, 0.3) is 0 Å². The minimum absolute atomic E-state index is 0.516. The number of hydrogen-bond donors (Lipinski definition) is 1. The molecular formula is C15H14BrCl2NO2. The maximum Gasteiger partial charge on any atom is 0.145 e. The summed E-state index contributed by atoms with van der Waals surface area (Å²) in [4.78, 5) is 0. The van der Waals surface area contributed by atoms with Crippen LogP contribution in [0.4, 0.5) is 5.69 Å². The van der Waals surface area contributed by atoms with Gasteiger partial charge < -0.3 is 14.8 Å². The maximum absolute atomic E-state index is 6.20. The highest BCUT2D eigenvalue weighted by molar-refractivity contribution is 9.10. The van der Waals surface area contributed by atoms with Gasteiger partial charge in [0, 0.05) is 22.1 Å². The summed E-state index contributed by atoms with van der Waals surface area (Å²) in [6.07, 6.45) is 0. The molecule has 0 radical (unpaired) electrons. The Balaban J connectivity index is 2.21. The van der Waals surface area contributed by atoms with E-state index in [0.717, 1.165) is 15.7 Å². The van der Waals surface area contributed by atoms with E-state index in [0.29, 0.717) is 28.1 Å². The highest BCUT2D eigenvalue weighted by Crippen LogP contribution is 2.36. The fraction of sp³-hybridized carbons (Fsp3) is 0.200. The fourth-order valence-electron chi connectivity index (χ4n) is 1.85. The van der Waals surface area contributed by atoms with Gasteiger partial charge in [-0.1, -0.05) is 45.2 Å². The van der Waals surface area contributed by atoms with Gasteiger partial charge in [0.05, 0.1) is 24.9 Å². The summed E-state index contributed by atoms with van der Waals surface area (Å²) in [6, 6.07) is 9.27. The lowest BCUT2D eigenvalue weighted by Gasteiger charge is -2.14. The molecule has 0 aliphatic rings. The predicted molar refractivity (Wildman–Crippen MR) is 91.0 cm³/mol. The van der Waals surface area contributed by atoms with Gasteiger partial charge in [0.2, 0.25) is 0 Å². The molecule has 0 heterocycles. The molecule has 112 valence electrons. The van der Waals surface area contributed by atoms with Crippen LogP contribution in [0, 0.1) is 0 Å². The van der Waals surface area contributed by atoms with Crippen molar-refractivity contribution in [1.29, 1.82) is 0 Å². The van der Waals surface area contributed by atoms with E-state index in [1.54, 1.807) is 26.4 Å². The van der Waals surface area contributed by atoms with Gasteiger partial charge in [-0.05, 0) is 23.8 Å². The SMILES string of the molecule is COc1cc(OC)c(NCc2ccc(Br)cc2Cl)cc1Cl. The molecule has 0 saturated carbocycles. The monoisotopic (exact) mass is 389 g/mol. The molecule has 6 heteroatoms. The maximum atomic E-state index is 6.20. The number of benzene rings is 2. The second-order valence-corrected chi connectivity index (χ2v) is 6.01. The summed E-state index contributed by atoms with van der Waals surface area (Å²) in [7, 11) is 3.16. The first kappa shape index (κ1) is 16.3. The van der Waals surface area contributed by atoms with Crippen molar-refractivity contribution in [2.24, 2.45) is 0 Å². The van der Waals surface area contributed by atoms with Gasteiger partial charge in [-0.15, -0.1) is 0 Å². The van der Waals surface area contributed by atoms with E-state index in [2.05, 4.69) is 21.2 Å². The normalized spacial score (nSPS) is 10.3. The minimum atomic E-state index is 0.516. The summed E-state index contributed by atoms with van der Waals surface area (Å²) in [5.74, 6) is 1.23. The number of nitrogens with one attached hydrogen (secondary N) is 1. The molecule has 0 saturated heterocycles. The molecule has 0 atom stereocenters.